The highest BCUT2D eigenvalue weighted by Gasteiger charge is 2.14. The number of hydrogen-bond acceptors (Lipinski definition) is 4. The van der Waals surface area contributed by atoms with Gasteiger partial charge in [0.1, 0.15) is 10.7 Å². The molecule has 0 saturated carbocycles. The van der Waals surface area contributed by atoms with Crippen LogP contribution >= 0.6 is 34.5 Å². The molecule has 0 radical (unpaired) electrons. The van der Waals surface area contributed by atoms with Crippen molar-refractivity contribution in [1.82, 2.24) is 9.66 Å². The summed E-state index contributed by atoms with van der Waals surface area (Å²) < 4.78 is 1.14. The number of carbonyl (C=O) groups excluding carboxylic acids is 1. The van der Waals surface area contributed by atoms with E-state index in [4.69, 9.17) is 23.2 Å². The van der Waals surface area contributed by atoms with E-state index in [0.717, 1.165) is 4.68 Å². The number of benzene rings is 1. The van der Waals surface area contributed by atoms with Gasteiger partial charge in [0.25, 0.3) is 5.56 Å². The van der Waals surface area contributed by atoms with E-state index >= 15 is 0 Å². The lowest BCUT2D eigenvalue weighted by Gasteiger charge is -2.12. The van der Waals surface area contributed by atoms with Crippen LogP contribution in [0.15, 0.2) is 34.4 Å². The van der Waals surface area contributed by atoms with Crippen molar-refractivity contribution in [2.45, 2.75) is 13.3 Å². The SMILES string of the molecule is Cc1nc2sccc2c(=O)n1NC(=O)Cc1c(Cl)cccc1Cl. The summed E-state index contributed by atoms with van der Waals surface area (Å²) in [4.78, 5) is 29.6. The molecule has 3 aromatic rings. The molecule has 1 amide bonds. The smallest absolute Gasteiger partial charge is 0.273 e. The van der Waals surface area contributed by atoms with E-state index in [1.54, 1.807) is 36.6 Å². The minimum atomic E-state index is -0.401. The molecule has 1 aromatic carbocycles. The largest absolute Gasteiger partial charge is 0.281 e. The minimum Gasteiger partial charge on any atom is -0.273 e. The van der Waals surface area contributed by atoms with Gasteiger partial charge in [-0.25, -0.2) is 9.66 Å². The second kappa shape index (κ2) is 6.31. The topological polar surface area (TPSA) is 64.0 Å². The van der Waals surface area contributed by atoms with Crippen LogP contribution in [0.5, 0.6) is 0 Å². The number of aromatic nitrogens is 2. The number of nitrogens with zero attached hydrogens (tertiary/aromatic N) is 2. The standard InChI is InChI=1S/C15H11Cl2N3O2S/c1-8-18-14-9(5-6-23-14)15(22)20(8)19-13(21)7-10-11(16)3-2-4-12(10)17/h2-6H,7H2,1H3,(H,19,21). The van der Waals surface area contributed by atoms with Gasteiger partial charge >= 0.3 is 0 Å². The van der Waals surface area contributed by atoms with Crippen LogP contribution in [0.4, 0.5) is 0 Å². The number of halogens is 2. The van der Waals surface area contributed by atoms with Gasteiger partial charge in [0.05, 0.1) is 11.8 Å². The van der Waals surface area contributed by atoms with Crippen molar-refractivity contribution in [3.05, 3.63) is 61.4 Å². The quantitative estimate of drug-likeness (QED) is 0.771. The molecule has 0 aliphatic rings. The van der Waals surface area contributed by atoms with Crippen molar-refractivity contribution in [1.29, 1.82) is 0 Å². The first kappa shape index (κ1) is 16.0. The Labute approximate surface area is 145 Å². The van der Waals surface area contributed by atoms with Crippen LogP contribution in [0, 0.1) is 6.92 Å². The third-order valence-corrected chi connectivity index (χ3v) is 4.82. The van der Waals surface area contributed by atoms with Crippen LogP contribution in [0.3, 0.4) is 0 Å². The Balaban J connectivity index is 1.90. The van der Waals surface area contributed by atoms with E-state index in [9.17, 15) is 9.59 Å². The summed E-state index contributed by atoms with van der Waals surface area (Å²) in [5.41, 5.74) is 2.76. The number of nitrogens with one attached hydrogen (secondary N) is 1. The Morgan fingerprint density at radius 2 is 2.00 bits per heavy atom. The molecule has 2 heterocycles. The average molecular weight is 368 g/mol. The van der Waals surface area contributed by atoms with Crippen LogP contribution in [-0.4, -0.2) is 15.6 Å². The maximum Gasteiger partial charge on any atom is 0.281 e. The molecule has 0 aliphatic heterocycles. The molecule has 0 atom stereocenters. The van der Waals surface area contributed by atoms with Crippen molar-refractivity contribution in [3.8, 4) is 0 Å². The van der Waals surface area contributed by atoms with Gasteiger partial charge in [-0.3, -0.25) is 15.0 Å². The predicted octanol–water partition coefficient (Wildman–Crippen LogP) is 3.39. The van der Waals surface area contributed by atoms with Gasteiger partial charge in [0.15, 0.2) is 0 Å². The predicted molar refractivity (Wildman–Crippen MR) is 93.2 cm³/mol. The highest BCUT2D eigenvalue weighted by molar-refractivity contribution is 7.16. The second-order valence-corrected chi connectivity index (χ2v) is 6.56. The first-order valence-electron chi connectivity index (χ1n) is 6.67. The number of amides is 1. The first-order valence-corrected chi connectivity index (χ1v) is 8.30. The number of rotatable bonds is 3. The van der Waals surface area contributed by atoms with Crippen LogP contribution < -0.4 is 11.0 Å². The Morgan fingerprint density at radius 3 is 2.70 bits per heavy atom. The zero-order chi connectivity index (χ0) is 16.6. The fraction of sp³-hybridized carbons (Fsp3) is 0.133. The van der Waals surface area contributed by atoms with Gasteiger partial charge in [-0.05, 0) is 36.1 Å². The highest BCUT2D eigenvalue weighted by Crippen LogP contribution is 2.24. The molecule has 1 N–H and O–H groups in total. The van der Waals surface area contributed by atoms with Gasteiger partial charge in [-0.1, -0.05) is 29.3 Å². The maximum absolute atomic E-state index is 12.4. The van der Waals surface area contributed by atoms with Gasteiger partial charge < -0.3 is 0 Å². The normalized spacial score (nSPS) is 10.9. The van der Waals surface area contributed by atoms with Gasteiger partial charge in [-0.2, -0.15) is 0 Å². The van der Waals surface area contributed by atoms with Crippen molar-refractivity contribution < 1.29 is 4.79 Å². The summed E-state index contributed by atoms with van der Waals surface area (Å²) in [5, 5.41) is 3.07. The summed E-state index contributed by atoms with van der Waals surface area (Å²) >= 11 is 13.5. The molecule has 5 nitrogen and oxygen atoms in total. The maximum atomic E-state index is 12.4. The van der Waals surface area contributed by atoms with Gasteiger partial charge in [0, 0.05) is 10.0 Å². The first-order chi connectivity index (χ1) is 11.0. The number of carbonyl (C=O) groups is 1. The van der Waals surface area contributed by atoms with Crippen molar-refractivity contribution >= 4 is 50.7 Å². The van der Waals surface area contributed by atoms with E-state index in [2.05, 4.69) is 10.4 Å². The molecule has 0 spiro atoms. The highest BCUT2D eigenvalue weighted by atomic mass is 35.5. The lowest BCUT2D eigenvalue weighted by Crippen LogP contribution is -2.36. The summed E-state index contributed by atoms with van der Waals surface area (Å²) in [7, 11) is 0. The van der Waals surface area contributed by atoms with E-state index < -0.39 is 5.91 Å². The molecular weight excluding hydrogens is 357 g/mol. The van der Waals surface area contributed by atoms with Gasteiger partial charge in [-0.15, -0.1) is 11.3 Å². The minimum absolute atomic E-state index is 0.0357. The molecule has 0 bridgehead atoms. The summed E-state index contributed by atoms with van der Waals surface area (Å²) in [5.74, 6) is 0.00475. The van der Waals surface area contributed by atoms with Crippen LogP contribution in [0.25, 0.3) is 10.2 Å². The number of fused-ring (bicyclic) bond motifs is 1. The van der Waals surface area contributed by atoms with Crippen molar-refractivity contribution in [3.63, 3.8) is 0 Å². The van der Waals surface area contributed by atoms with Crippen molar-refractivity contribution in [2.75, 3.05) is 5.43 Å². The third-order valence-electron chi connectivity index (χ3n) is 3.30. The van der Waals surface area contributed by atoms with Crippen molar-refractivity contribution in [2.24, 2.45) is 0 Å². The van der Waals surface area contributed by atoms with Gasteiger partial charge in [0.2, 0.25) is 5.91 Å². The Bertz CT molecular complexity index is 945. The van der Waals surface area contributed by atoms with Crippen LogP contribution in [0.2, 0.25) is 10.0 Å². The van der Waals surface area contributed by atoms with E-state index in [0.29, 0.717) is 31.6 Å². The number of aryl methyl sites for hydroxylation is 1. The molecule has 23 heavy (non-hydrogen) atoms. The monoisotopic (exact) mass is 367 g/mol. The summed E-state index contributed by atoms with van der Waals surface area (Å²) in [6.07, 6.45) is -0.0357. The summed E-state index contributed by atoms with van der Waals surface area (Å²) in [6.45, 7) is 1.66. The molecule has 0 fully saturated rings. The Kier molecular flexibility index (Phi) is 4.39. The molecule has 2 aromatic heterocycles. The number of thiophene rings is 1. The molecular formula is C15H11Cl2N3O2S. The lowest BCUT2D eigenvalue weighted by atomic mass is 10.1. The Hall–Kier alpha value is -1.89. The van der Waals surface area contributed by atoms with E-state index in [1.807, 2.05) is 0 Å². The lowest BCUT2D eigenvalue weighted by molar-refractivity contribution is -0.116. The molecule has 0 saturated heterocycles. The number of hydrogen-bond donors (Lipinski definition) is 1. The third kappa shape index (κ3) is 3.10. The Morgan fingerprint density at radius 1 is 1.30 bits per heavy atom. The fourth-order valence-electron chi connectivity index (χ4n) is 2.17. The average Bonchev–Trinajstić information content (AvgIpc) is 2.96. The van der Waals surface area contributed by atoms with E-state index in [-0.39, 0.29) is 12.0 Å². The molecule has 118 valence electrons. The second-order valence-electron chi connectivity index (χ2n) is 4.85. The van der Waals surface area contributed by atoms with E-state index in [1.165, 1.54) is 11.3 Å². The molecule has 3 rings (SSSR count). The molecule has 0 aliphatic carbocycles. The summed E-state index contributed by atoms with van der Waals surface area (Å²) in [6, 6.07) is 6.70. The molecule has 8 heteroatoms. The zero-order valence-corrected chi connectivity index (χ0v) is 14.3. The fourth-order valence-corrected chi connectivity index (χ4v) is 3.50. The molecule has 0 unspecified atom stereocenters. The van der Waals surface area contributed by atoms with Crippen LogP contribution in [0.1, 0.15) is 11.4 Å². The van der Waals surface area contributed by atoms with Crippen LogP contribution in [-0.2, 0) is 11.2 Å². The zero-order valence-electron chi connectivity index (χ0n) is 12.0.